The first-order chi connectivity index (χ1) is 11.0. The zero-order valence-corrected chi connectivity index (χ0v) is 14.0. The fourth-order valence-electron chi connectivity index (χ4n) is 2.21. The van der Waals surface area contributed by atoms with Gasteiger partial charge in [0, 0.05) is 10.6 Å². The Morgan fingerprint density at radius 3 is 2.52 bits per heavy atom. The number of benzene rings is 2. The van der Waals surface area contributed by atoms with Gasteiger partial charge in [-0.25, -0.2) is 0 Å². The maximum absolute atomic E-state index is 5.96. The highest BCUT2D eigenvalue weighted by Crippen LogP contribution is 2.27. The Hall–Kier alpha value is -2.33. The fraction of sp³-hybridized carbons (Fsp3) is 0.222. The van der Waals surface area contributed by atoms with Crippen molar-refractivity contribution in [1.82, 2.24) is 10.1 Å². The molecule has 0 amide bonds. The van der Waals surface area contributed by atoms with Gasteiger partial charge in [-0.15, -0.1) is 0 Å². The van der Waals surface area contributed by atoms with Crippen LogP contribution in [0, 0.1) is 13.8 Å². The van der Waals surface area contributed by atoms with E-state index in [1.165, 1.54) is 5.56 Å². The average Bonchev–Trinajstić information content (AvgIpc) is 3.01. The molecule has 4 nitrogen and oxygen atoms in total. The van der Waals surface area contributed by atoms with Gasteiger partial charge < -0.3 is 9.26 Å². The smallest absolute Gasteiger partial charge is 0.267 e. The number of hydrogen-bond donors (Lipinski definition) is 0. The molecule has 0 bridgehead atoms. The van der Waals surface area contributed by atoms with Gasteiger partial charge in [0.2, 0.25) is 5.82 Å². The molecule has 0 spiro atoms. The molecule has 23 heavy (non-hydrogen) atoms. The molecule has 0 N–H and O–H groups in total. The van der Waals surface area contributed by atoms with Crippen LogP contribution in [0.3, 0.4) is 0 Å². The first-order valence-electron chi connectivity index (χ1n) is 7.36. The maximum Gasteiger partial charge on any atom is 0.267 e. The van der Waals surface area contributed by atoms with Crippen molar-refractivity contribution < 1.29 is 9.26 Å². The summed E-state index contributed by atoms with van der Waals surface area (Å²) in [5.74, 6) is 1.75. The van der Waals surface area contributed by atoms with E-state index in [4.69, 9.17) is 20.9 Å². The van der Waals surface area contributed by atoms with E-state index in [2.05, 4.69) is 10.1 Å². The summed E-state index contributed by atoms with van der Waals surface area (Å²) in [6.45, 7) is 5.86. The van der Waals surface area contributed by atoms with E-state index < -0.39 is 0 Å². The van der Waals surface area contributed by atoms with Gasteiger partial charge in [0.15, 0.2) is 6.10 Å². The molecule has 1 aromatic heterocycles. The molecule has 0 saturated carbocycles. The van der Waals surface area contributed by atoms with Gasteiger partial charge in [-0.2, -0.15) is 4.98 Å². The monoisotopic (exact) mass is 328 g/mol. The maximum atomic E-state index is 5.96. The molecule has 1 heterocycles. The zero-order valence-electron chi connectivity index (χ0n) is 13.2. The first kappa shape index (κ1) is 15.6. The molecule has 0 aliphatic carbocycles. The number of aromatic nitrogens is 2. The van der Waals surface area contributed by atoms with Crippen molar-refractivity contribution in [1.29, 1.82) is 0 Å². The van der Waals surface area contributed by atoms with Crippen LogP contribution in [0.2, 0.25) is 5.02 Å². The van der Waals surface area contributed by atoms with E-state index in [9.17, 15) is 0 Å². The predicted molar refractivity (Wildman–Crippen MR) is 89.7 cm³/mol. The van der Waals surface area contributed by atoms with Crippen molar-refractivity contribution in [3.05, 3.63) is 64.5 Å². The second kappa shape index (κ2) is 6.42. The molecular weight excluding hydrogens is 312 g/mol. The molecule has 5 heteroatoms. The predicted octanol–water partition coefficient (Wildman–Crippen LogP) is 5.15. The Balaban J connectivity index is 1.78. The summed E-state index contributed by atoms with van der Waals surface area (Å²) in [6, 6.07) is 13.5. The summed E-state index contributed by atoms with van der Waals surface area (Å²) in [6.07, 6.45) is -0.346. The normalized spacial score (nSPS) is 12.2. The standard InChI is InChI=1S/C18H17ClN2O2/c1-11-4-6-14(7-5-11)17-20-18(23-21-17)13(3)22-16-9-8-15(19)10-12(16)2/h4-10,13H,1-3H3. The van der Waals surface area contributed by atoms with Crippen LogP contribution in [0.5, 0.6) is 5.75 Å². The third-order valence-corrected chi connectivity index (χ3v) is 3.78. The first-order valence-corrected chi connectivity index (χ1v) is 7.74. The van der Waals surface area contributed by atoms with Gasteiger partial charge in [-0.1, -0.05) is 46.6 Å². The Bertz CT molecular complexity index is 812. The van der Waals surface area contributed by atoms with E-state index in [-0.39, 0.29) is 6.10 Å². The van der Waals surface area contributed by atoms with Crippen LogP contribution >= 0.6 is 11.6 Å². The molecule has 0 fully saturated rings. The molecule has 0 saturated heterocycles. The number of hydrogen-bond acceptors (Lipinski definition) is 4. The number of aryl methyl sites for hydroxylation is 2. The van der Waals surface area contributed by atoms with Gasteiger partial charge in [-0.3, -0.25) is 0 Å². The molecule has 0 radical (unpaired) electrons. The van der Waals surface area contributed by atoms with Crippen LogP contribution in [-0.4, -0.2) is 10.1 Å². The van der Waals surface area contributed by atoms with Crippen molar-refractivity contribution in [2.75, 3.05) is 0 Å². The summed E-state index contributed by atoms with van der Waals surface area (Å²) < 4.78 is 11.2. The van der Waals surface area contributed by atoms with Crippen LogP contribution in [0.1, 0.15) is 30.0 Å². The van der Waals surface area contributed by atoms with Gasteiger partial charge in [-0.05, 0) is 44.5 Å². The highest BCUT2D eigenvalue weighted by molar-refractivity contribution is 6.30. The number of rotatable bonds is 4. The molecule has 0 aliphatic heterocycles. The van der Waals surface area contributed by atoms with Crippen molar-refractivity contribution >= 4 is 11.6 Å². The SMILES string of the molecule is Cc1ccc(-c2noc(C(C)Oc3ccc(Cl)cc3C)n2)cc1. The van der Waals surface area contributed by atoms with Crippen LogP contribution in [0.15, 0.2) is 47.0 Å². The lowest BCUT2D eigenvalue weighted by Crippen LogP contribution is -2.04. The third-order valence-electron chi connectivity index (χ3n) is 3.54. The van der Waals surface area contributed by atoms with Crippen LogP contribution < -0.4 is 4.74 Å². The summed E-state index contributed by atoms with van der Waals surface area (Å²) in [7, 11) is 0. The fourth-order valence-corrected chi connectivity index (χ4v) is 2.43. The van der Waals surface area contributed by atoms with Crippen molar-refractivity contribution in [3.63, 3.8) is 0 Å². The highest BCUT2D eigenvalue weighted by atomic mass is 35.5. The second-order valence-electron chi connectivity index (χ2n) is 5.49. The lowest BCUT2D eigenvalue weighted by atomic mass is 10.1. The average molecular weight is 329 g/mol. The summed E-state index contributed by atoms with van der Waals surface area (Å²) >= 11 is 5.96. The Kier molecular flexibility index (Phi) is 4.35. The largest absolute Gasteiger partial charge is 0.481 e. The minimum absolute atomic E-state index is 0.346. The summed E-state index contributed by atoms with van der Waals surface area (Å²) in [4.78, 5) is 4.42. The van der Waals surface area contributed by atoms with Crippen LogP contribution in [0.25, 0.3) is 11.4 Å². The number of halogens is 1. The lowest BCUT2D eigenvalue weighted by molar-refractivity contribution is 0.175. The Morgan fingerprint density at radius 1 is 1.09 bits per heavy atom. The van der Waals surface area contributed by atoms with Gasteiger partial charge in [0.25, 0.3) is 5.89 Å². The molecular formula is C18H17ClN2O2. The molecule has 3 rings (SSSR count). The lowest BCUT2D eigenvalue weighted by Gasteiger charge is -2.13. The number of ether oxygens (including phenoxy) is 1. The van der Waals surface area contributed by atoms with E-state index in [0.29, 0.717) is 16.7 Å². The molecule has 1 unspecified atom stereocenters. The summed E-state index contributed by atoms with van der Waals surface area (Å²) in [5.41, 5.74) is 3.07. The molecule has 1 atom stereocenters. The van der Waals surface area contributed by atoms with E-state index in [1.54, 1.807) is 6.07 Å². The highest BCUT2D eigenvalue weighted by Gasteiger charge is 2.17. The Labute approximate surface area is 140 Å². The van der Waals surface area contributed by atoms with E-state index >= 15 is 0 Å². The minimum atomic E-state index is -0.346. The molecule has 118 valence electrons. The van der Waals surface area contributed by atoms with Crippen molar-refractivity contribution in [3.8, 4) is 17.1 Å². The van der Waals surface area contributed by atoms with E-state index in [0.717, 1.165) is 16.9 Å². The van der Waals surface area contributed by atoms with Crippen molar-refractivity contribution in [2.24, 2.45) is 0 Å². The Morgan fingerprint density at radius 2 is 1.83 bits per heavy atom. The van der Waals surface area contributed by atoms with Crippen molar-refractivity contribution in [2.45, 2.75) is 26.9 Å². The second-order valence-corrected chi connectivity index (χ2v) is 5.93. The third kappa shape index (κ3) is 3.54. The summed E-state index contributed by atoms with van der Waals surface area (Å²) in [5, 5.41) is 4.71. The van der Waals surface area contributed by atoms with Crippen LogP contribution in [0.4, 0.5) is 0 Å². The number of nitrogens with zero attached hydrogens (tertiary/aromatic N) is 2. The zero-order chi connectivity index (χ0) is 16.4. The molecule has 2 aromatic carbocycles. The van der Waals surface area contributed by atoms with E-state index in [1.807, 2.05) is 57.2 Å². The molecule has 3 aromatic rings. The van der Waals surface area contributed by atoms with Gasteiger partial charge in [0.1, 0.15) is 5.75 Å². The van der Waals surface area contributed by atoms with Gasteiger partial charge >= 0.3 is 0 Å². The minimum Gasteiger partial charge on any atom is -0.481 e. The topological polar surface area (TPSA) is 48.2 Å². The molecule has 0 aliphatic rings. The quantitative estimate of drug-likeness (QED) is 0.664. The van der Waals surface area contributed by atoms with Crippen LogP contribution in [-0.2, 0) is 0 Å². The van der Waals surface area contributed by atoms with Gasteiger partial charge in [0.05, 0.1) is 0 Å².